The van der Waals surface area contributed by atoms with Crippen molar-refractivity contribution >= 4 is 22.3 Å². The van der Waals surface area contributed by atoms with E-state index in [1.807, 2.05) is 18.2 Å². The number of fused-ring (bicyclic) bond motifs is 1. The number of carbonyl (C=O) groups excluding carboxylic acids is 1. The highest BCUT2D eigenvalue weighted by Gasteiger charge is 2.14. The SMILES string of the molecule is CCC1CC=C(c2ccc3cc(OC(C)=O)ccc3c2)CC1. The lowest BCUT2D eigenvalue weighted by Crippen LogP contribution is -2.04. The van der Waals surface area contributed by atoms with Gasteiger partial charge in [-0.2, -0.15) is 0 Å². The standard InChI is InChI=1S/C20H22O2/c1-3-15-4-6-16(7-5-15)17-8-9-19-13-20(22-14(2)21)11-10-18(19)12-17/h6,8-13,15H,3-5,7H2,1-2H3. The molecule has 2 nitrogen and oxygen atoms in total. The van der Waals surface area contributed by atoms with Crippen molar-refractivity contribution in [2.45, 2.75) is 39.5 Å². The van der Waals surface area contributed by atoms with Crippen molar-refractivity contribution in [3.63, 3.8) is 0 Å². The largest absolute Gasteiger partial charge is 0.427 e. The summed E-state index contributed by atoms with van der Waals surface area (Å²) in [6.45, 7) is 3.70. The van der Waals surface area contributed by atoms with E-state index in [-0.39, 0.29) is 5.97 Å². The molecule has 1 unspecified atom stereocenters. The zero-order chi connectivity index (χ0) is 15.5. The molecule has 3 rings (SSSR count). The number of esters is 1. The van der Waals surface area contributed by atoms with Crippen molar-refractivity contribution in [3.8, 4) is 5.75 Å². The first-order valence-electron chi connectivity index (χ1n) is 8.07. The van der Waals surface area contributed by atoms with Crippen LogP contribution in [0.1, 0.15) is 45.1 Å². The van der Waals surface area contributed by atoms with Gasteiger partial charge in [-0.15, -0.1) is 0 Å². The second kappa shape index (κ2) is 6.35. The first-order valence-corrected chi connectivity index (χ1v) is 8.07. The van der Waals surface area contributed by atoms with E-state index >= 15 is 0 Å². The van der Waals surface area contributed by atoms with Gasteiger partial charge in [0.15, 0.2) is 0 Å². The third-order valence-corrected chi connectivity index (χ3v) is 4.54. The molecular formula is C20H22O2. The summed E-state index contributed by atoms with van der Waals surface area (Å²) in [5.74, 6) is 1.18. The number of ether oxygens (including phenoxy) is 1. The average Bonchev–Trinajstić information content (AvgIpc) is 2.54. The van der Waals surface area contributed by atoms with E-state index in [2.05, 4.69) is 31.2 Å². The minimum Gasteiger partial charge on any atom is -0.427 e. The van der Waals surface area contributed by atoms with Crippen molar-refractivity contribution in [2.24, 2.45) is 5.92 Å². The van der Waals surface area contributed by atoms with Gasteiger partial charge < -0.3 is 4.74 Å². The quantitative estimate of drug-likeness (QED) is 0.563. The Hall–Kier alpha value is -2.09. The second-order valence-corrected chi connectivity index (χ2v) is 6.10. The lowest BCUT2D eigenvalue weighted by atomic mass is 9.85. The van der Waals surface area contributed by atoms with Gasteiger partial charge in [0, 0.05) is 6.92 Å². The molecule has 0 fully saturated rings. The summed E-state index contributed by atoms with van der Waals surface area (Å²) in [5, 5.41) is 2.29. The van der Waals surface area contributed by atoms with Crippen molar-refractivity contribution in [1.82, 2.24) is 0 Å². The molecular weight excluding hydrogens is 272 g/mol. The molecule has 1 atom stereocenters. The monoisotopic (exact) mass is 294 g/mol. The Morgan fingerprint density at radius 2 is 1.95 bits per heavy atom. The minimum absolute atomic E-state index is 0.284. The van der Waals surface area contributed by atoms with Gasteiger partial charge in [0.1, 0.15) is 5.75 Å². The van der Waals surface area contributed by atoms with Crippen LogP contribution in [0.2, 0.25) is 0 Å². The lowest BCUT2D eigenvalue weighted by molar-refractivity contribution is -0.131. The van der Waals surface area contributed by atoms with Crippen LogP contribution in [0.5, 0.6) is 5.75 Å². The van der Waals surface area contributed by atoms with E-state index < -0.39 is 0 Å². The minimum atomic E-state index is -0.284. The number of hydrogen-bond donors (Lipinski definition) is 0. The molecule has 0 spiro atoms. The molecule has 2 heteroatoms. The Labute approximate surface area is 131 Å². The molecule has 114 valence electrons. The molecule has 0 bridgehead atoms. The van der Waals surface area contributed by atoms with Crippen LogP contribution >= 0.6 is 0 Å². The summed E-state index contributed by atoms with van der Waals surface area (Å²) in [7, 11) is 0. The van der Waals surface area contributed by atoms with Gasteiger partial charge >= 0.3 is 5.97 Å². The highest BCUT2D eigenvalue weighted by atomic mass is 16.5. The maximum absolute atomic E-state index is 11.0. The van der Waals surface area contributed by atoms with E-state index in [0.29, 0.717) is 5.75 Å². The number of carbonyl (C=O) groups is 1. The van der Waals surface area contributed by atoms with E-state index in [1.54, 1.807) is 0 Å². The topological polar surface area (TPSA) is 26.3 Å². The molecule has 2 aromatic carbocycles. The van der Waals surface area contributed by atoms with Crippen LogP contribution < -0.4 is 4.74 Å². The molecule has 1 aliphatic rings. The first kappa shape index (κ1) is 14.8. The molecule has 0 aliphatic heterocycles. The van der Waals surface area contributed by atoms with Crippen LogP contribution in [-0.4, -0.2) is 5.97 Å². The Kier molecular flexibility index (Phi) is 4.28. The van der Waals surface area contributed by atoms with Gasteiger partial charge in [-0.25, -0.2) is 0 Å². The van der Waals surface area contributed by atoms with E-state index in [1.165, 1.54) is 49.1 Å². The zero-order valence-electron chi connectivity index (χ0n) is 13.3. The van der Waals surface area contributed by atoms with Gasteiger partial charge in [0.2, 0.25) is 0 Å². The summed E-state index contributed by atoms with van der Waals surface area (Å²) >= 11 is 0. The van der Waals surface area contributed by atoms with Crippen molar-refractivity contribution in [1.29, 1.82) is 0 Å². The third-order valence-electron chi connectivity index (χ3n) is 4.54. The van der Waals surface area contributed by atoms with Crippen LogP contribution in [0.25, 0.3) is 16.3 Å². The average molecular weight is 294 g/mol. The Morgan fingerprint density at radius 3 is 2.64 bits per heavy atom. The fraction of sp³-hybridized carbons (Fsp3) is 0.350. The van der Waals surface area contributed by atoms with Crippen LogP contribution in [0, 0.1) is 5.92 Å². The van der Waals surface area contributed by atoms with Gasteiger partial charge in [-0.1, -0.05) is 37.6 Å². The fourth-order valence-electron chi connectivity index (χ4n) is 3.17. The Bertz CT molecular complexity index is 728. The zero-order valence-corrected chi connectivity index (χ0v) is 13.3. The first-order chi connectivity index (χ1) is 10.7. The molecule has 0 saturated carbocycles. The van der Waals surface area contributed by atoms with Crippen molar-refractivity contribution in [2.75, 3.05) is 0 Å². The summed E-state index contributed by atoms with van der Waals surface area (Å²) in [4.78, 5) is 11.0. The van der Waals surface area contributed by atoms with Crippen LogP contribution in [0.3, 0.4) is 0 Å². The number of benzene rings is 2. The summed E-state index contributed by atoms with van der Waals surface area (Å²) < 4.78 is 5.14. The molecule has 22 heavy (non-hydrogen) atoms. The molecule has 1 aliphatic carbocycles. The van der Waals surface area contributed by atoms with Crippen molar-refractivity contribution < 1.29 is 9.53 Å². The Morgan fingerprint density at radius 1 is 1.18 bits per heavy atom. The Balaban J connectivity index is 1.87. The van der Waals surface area contributed by atoms with E-state index in [9.17, 15) is 4.79 Å². The van der Waals surface area contributed by atoms with Gasteiger partial charge in [-0.3, -0.25) is 4.79 Å². The number of hydrogen-bond acceptors (Lipinski definition) is 2. The van der Waals surface area contributed by atoms with E-state index in [4.69, 9.17) is 4.74 Å². The maximum atomic E-state index is 11.0. The molecule has 0 saturated heterocycles. The molecule has 2 aromatic rings. The van der Waals surface area contributed by atoms with Crippen molar-refractivity contribution in [3.05, 3.63) is 48.0 Å². The van der Waals surface area contributed by atoms with Gasteiger partial charge in [0.05, 0.1) is 0 Å². The predicted molar refractivity (Wildman–Crippen MR) is 90.9 cm³/mol. The fourth-order valence-corrected chi connectivity index (χ4v) is 3.17. The predicted octanol–water partition coefficient (Wildman–Crippen LogP) is 5.36. The lowest BCUT2D eigenvalue weighted by Gasteiger charge is -2.21. The normalized spacial score (nSPS) is 18.1. The van der Waals surface area contributed by atoms with Crippen LogP contribution in [0.15, 0.2) is 42.5 Å². The van der Waals surface area contributed by atoms with E-state index in [0.717, 1.165) is 11.3 Å². The smallest absolute Gasteiger partial charge is 0.308 e. The number of rotatable bonds is 3. The molecule has 0 aromatic heterocycles. The molecule has 0 N–H and O–H groups in total. The molecule has 0 heterocycles. The third kappa shape index (κ3) is 3.22. The second-order valence-electron chi connectivity index (χ2n) is 6.10. The maximum Gasteiger partial charge on any atom is 0.308 e. The summed E-state index contributed by atoms with van der Waals surface area (Å²) in [6.07, 6.45) is 7.36. The summed E-state index contributed by atoms with van der Waals surface area (Å²) in [6, 6.07) is 12.3. The highest BCUT2D eigenvalue weighted by molar-refractivity contribution is 5.88. The van der Waals surface area contributed by atoms with Crippen LogP contribution in [-0.2, 0) is 4.79 Å². The van der Waals surface area contributed by atoms with Gasteiger partial charge in [-0.05, 0) is 65.3 Å². The highest BCUT2D eigenvalue weighted by Crippen LogP contribution is 2.33. The van der Waals surface area contributed by atoms with Gasteiger partial charge in [0.25, 0.3) is 0 Å². The van der Waals surface area contributed by atoms with Crippen LogP contribution in [0.4, 0.5) is 0 Å². The molecule has 0 amide bonds. The molecule has 0 radical (unpaired) electrons. The number of allylic oxidation sites excluding steroid dienone is 2. The summed E-state index contributed by atoms with van der Waals surface area (Å²) in [5.41, 5.74) is 2.79.